The van der Waals surface area contributed by atoms with E-state index in [9.17, 15) is 28.1 Å². The molecule has 0 fully saturated rings. The Morgan fingerprint density at radius 3 is 2.28 bits per heavy atom. The number of non-ortho nitro benzene ring substituents is 1. The predicted octanol–water partition coefficient (Wildman–Crippen LogP) is 3.65. The van der Waals surface area contributed by atoms with Crippen molar-refractivity contribution >= 4 is 44.8 Å². The van der Waals surface area contributed by atoms with Gasteiger partial charge in [0, 0.05) is 29.7 Å². The van der Waals surface area contributed by atoms with Gasteiger partial charge in [0.1, 0.15) is 12.6 Å². The minimum Gasteiger partial charge on any atom is -0.352 e. The summed E-state index contributed by atoms with van der Waals surface area (Å²) in [6.07, 6.45) is 1.61. The van der Waals surface area contributed by atoms with Gasteiger partial charge in [-0.15, -0.1) is 0 Å². The van der Waals surface area contributed by atoms with Gasteiger partial charge in [-0.25, -0.2) is 8.42 Å². The number of aryl methyl sites for hydroxylation is 1. The Balaban J connectivity index is 2.47. The van der Waals surface area contributed by atoms with E-state index >= 15 is 0 Å². The zero-order valence-electron chi connectivity index (χ0n) is 20.9. The van der Waals surface area contributed by atoms with Crippen LogP contribution in [0.2, 0.25) is 5.02 Å². The first-order chi connectivity index (χ1) is 16.7. The molecule has 0 bridgehead atoms. The maximum absolute atomic E-state index is 13.6. The minimum absolute atomic E-state index is 0.0169. The van der Waals surface area contributed by atoms with E-state index in [1.165, 1.54) is 17.0 Å². The van der Waals surface area contributed by atoms with Gasteiger partial charge in [-0.05, 0) is 50.5 Å². The molecule has 2 rings (SSSR count). The number of rotatable bonds is 11. The number of amides is 2. The number of halogens is 1. The molecule has 1 N–H and O–H groups in total. The lowest BCUT2D eigenvalue weighted by molar-refractivity contribution is -0.384. The van der Waals surface area contributed by atoms with Crippen LogP contribution in [0, 0.1) is 17.0 Å². The largest absolute Gasteiger partial charge is 0.352 e. The lowest BCUT2D eigenvalue weighted by Gasteiger charge is -2.32. The molecule has 0 aliphatic heterocycles. The second-order valence-electron chi connectivity index (χ2n) is 8.64. The summed E-state index contributed by atoms with van der Waals surface area (Å²) in [5.41, 5.74) is 0.832. The second-order valence-corrected chi connectivity index (χ2v) is 11.0. The SMILES string of the molecule is CC[C@H](C)NC(=O)[C@@H](C)N(Cc1ccc(Cl)cc1)C(=O)CN(c1cc([N+](=O)[O-])ccc1C)S(C)(=O)=O. The number of nitro groups is 1. The van der Waals surface area contributed by atoms with Crippen LogP contribution in [0.4, 0.5) is 11.4 Å². The van der Waals surface area contributed by atoms with Crippen LogP contribution in [0.5, 0.6) is 0 Å². The van der Waals surface area contributed by atoms with Crippen molar-refractivity contribution in [1.29, 1.82) is 0 Å². The smallest absolute Gasteiger partial charge is 0.271 e. The molecule has 10 nitrogen and oxygen atoms in total. The fourth-order valence-electron chi connectivity index (χ4n) is 3.41. The number of nitrogens with one attached hydrogen (secondary N) is 1. The van der Waals surface area contributed by atoms with Crippen LogP contribution in [-0.2, 0) is 26.2 Å². The monoisotopic (exact) mass is 538 g/mol. The number of carbonyl (C=O) groups is 2. The molecule has 12 heteroatoms. The van der Waals surface area contributed by atoms with E-state index in [0.717, 1.165) is 16.6 Å². The molecule has 0 radical (unpaired) electrons. The molecular formula is C24H31ClN4O6S. The quantitative estimate of drug-likeness (QED) is 0.343. The molecule has 0 spiro atoms. The van der Waals surface area contributed by atoms with E-state index in [4.69, 9.17) is 11.6 Å². The minimum atomic E-state index is -4.01. The molecule has 0 saturated heterocycles. The van der Waals surface area contributed by atoms with E-state index in [1.54, 1.807) is 38.1 Å². The third kappa shape index (κ3) is 7.66. The zero-order chi connectivity index (χ0) is 27.2. The highest BCUT2D eigenvalue weighted by Crippen LogP contribution is 2.28. The Kier molecular flexibility index (Phi) is 9.83. The highest BCUT2D eigenvalue weighted by molar-refractivity contribution is 7.92. The van der Waals surface area contributed by atoms with Gasteiger partial charge in [-0.2, -0.15) is 0 Å². The number of hydrogen-bond donors (Lipinski definition) is 1. The van der Waals surface area contributed by atoms with Crippen molar-refractivity contribution in [3.05, 3.63) is 68.7 Å². The van der Waals surface area contributed by atoms with Crippen LogP contribution < -0.4 is 9.62 Å². The Bertz CT molecular complexity index is 1220. The summed E-state index contributed by atoms with van der Waals surface area (Å²) < 4.78 is 26.2. The van der Waals surface area contributed by atoms with Gasteiger partial charge in [-0.1, -0.05) is 36.7 Å². The van der Waals surface area contributed by atoms with Crippen molar-refractivity contribution in [3.63, 3.8) is 0 Å². The first-order valence-electron chi connectivity index (χ1n) is 11.3. The second kappa shape index (κ2) is 12.2. The van der Waals surface area contributed by atoms with Crippen LogP contribution in [0.25, 0.3) is 0 Å². The van der Waals surface area contributed by atoms with Crippen molar-refractivity contribution in [2.24, 2.45) is 0 Å². The summed E-state index contributed by atoms with van der Waals surface area (Å²) in [6, 6.07) is 9.48. The summed E-state index contributed by atoms with van der Waals surface area (Å²) in [7, 11) is -4.01. The van der Waals surface area contributed by atoms with E-state index in [0.29, 0.717) is 22.6 Å². The van der Waals surface area contributed by atoms with Crippen LogP contribution in [0.3, 0.4) is 0 Å². The summed E-state index contributed by atoms with van der Waals surface area (Å²) in [4.78, 5) is 38.4. The molecular weight excluding hydrogens is 508 g/mol. The van der Waals surface area contributed by atoms with Crippen LogP contribution in [0.15, 0.2) is 42.5 Å². The van der Waals surface area contributed by atoms with Crippen molar-refractivity contribution in [2.75, 3.05) is 17.1 Å². The Labute approximate surface area is 216 Å². The molecule has 2 atom stereocenters. The van der Waals surface area contributed by atoms with Gasteiger partial charge in [0.05, 0.1) is 16.9 Å². The average molecular weight is 539 g/mol. The van der Waals surface area contributed by atoms with Gasteiger partial charge in [-0.3, -0.25) is 24.0 Å². The average Bonchev–Trinajstić information content (AvgIpc) is 2.81. The van der Waals surface area contributed by atoms with Crippen molar-refractivity contribution in [1.82, 2.24) is 10.2 Å². The molecule has 2 aromatic carbocycles. The predicted molar refractivity (Wildman–Crippen MR) is 139 cm³/mol. The highest BCUT2D eigenvalue weighted by atomic mass is 35.5. The van der Waals surface area contributed by atoms with Gasteiger partial charge in [0.25, 0.3) is 5.69 Å². The third-order valence-corrected chi connectivity index (χ3v) is 7.16. The van der Waals surface area contributed by atoms with Crippen molar-refractivity contribution in [2.45, 2.75) is 52.7 Å². The van der Waals surface area contributed by atoms with Gasteiger partial charge in [0.2, 0.25) is 21.8 Å². The molecule has 196 valence electrons. The summed E-state index contributed by atoms with van der Waals surface area (Å²) in [5, 5.41) is 14.6. The Morgan fingerprint density at radius 2 is 1.75 bits per heavy atom. The lowest BCUT2D eigenvalue weighted by Crippen LogP contribution is -2.52. The number of hydrogen-bond acceptors (Lipinski definition) is 6. The number of carbonyl (C=O) groups excluding carboxylic acids is 2. The molecule has 2 aromatic rings. The highest BCUT2D eigenvalue weighted by Gasteiger charge is 2.31. The number of sulfonamides is 1. The van der Waals surface area contributed by atoms with E-state index < -0.39 is 33.4 Å². The fraction of sp³-hybridized carbons (Fsp3) is 0.417. The number of benzene rings is 2. The molecule has 2 amide bonds. The molecule has 0 aliphatic carbocycles. The van der Waals surface area contributed by atoms with Crippen molar-refractivity contribution in [3.8, 4) is 0 Å². The van der Waals surface area contributed by atoms with Crippen molar-refractivity contribution < 1.29 is 22.9 Å². The van der Waals surface area contributed by atoms with Crippen LogP contribution in [0.1, 0.15) is 38.3 Å². The number of anilines is 1. The molecule has 0 unspecified atom stereocenters. The molecule has 0 aliphatic rings. The molecule has 0 saturated carbocycles. The van der Waals surface area contributed by atoms with Crippen LogP contribution in [-0.4, -0.2) is 54.9 Å². The fourth-order valence-corrected chi connectivity index (χ4v) is 4.43. The van der Waals surface area contributed by atoms with E-state index in [1.807, 2.05) is 13.8 Å². The standard InChI is InChI=1S/C24H31ClN4O6S/c1-6-17(3)26-24(31)18(4)27(14-19-8-10-20(25)11-9-19)23(30)15-28(36(5,34)35)22-13-21(29(32)33)12-7-16(22)2/h7-13,17-18H,6,14-15H2,1-5H3,(H,26,31)/t17-,18+/m0/s1. The maximum Gasteiger partial charge on any atom is 0.271 e. The normalized spacial score (nSPS) is 12.9. The van der Waals surface area contributed by atoms with Crippen LogP contribution >= 0.6 is 11.6 Å². The maximum atomic E-state index is 13.6. The first kappa shape index (κ1) is 29.1. The first-order valence-corrected chi connectivity index (χ1v) is 13.5. The topological polar surface area (TPSA) is 130 Å². The van der Waals surface area contributed by atoms with E-state index in [2.05, 4.69) is 5.32 Å². The summed E-state index contributed by atoms with van der Waals surface area (Å²) >= 11 is 5.97. The number of nitro benzene ring substituents is 1. The molecule has 0 heterocycles. The Hall–Kier alpha value is -3.18. The Morgan fingerprint density at radius 1 is 1.14 bits per heavy atom. The lowest BCUT2D eigenvalue weighted by atomic mass is 10.1. The zero-order valence-corrected chi connectivity index (χ0v) is 22.5. The van der Waals surface area contributed by atoms with Gasteiger partial charge < -0.3 is 10.2 Å². The number of nitrogens with zero attached hydrogens (tertiary/aromatic N) is 3. The van der Waals surface area contributed by atoms with E-state index in [-0.39, 0.29) is 29.9 Å². The van der Waals surface area contributed by atoms with Gasteiger partial charge >= 0.3 is 0 Å². The van der Waals surface area contributed by atoms with Gasteiger partial charge in [0.15, 0.2) is 0 Å². The third-order valence-electron chi connectivity index (χ3n) is 5.79. The summed E-state index contributed by atoms with van der Waals surface area (Å²) in [5.74, 6) is -1.03. The molecule has 36 heavy (non-hydrogen) atoms. The molecule has 0 aromatic heterocycles. The summed E-state index contributed by atoms with van der Waals surface area (Å²) in [6.45, 7) is 6.29.